The number of nitrogens with zero attached hydrogens (tertiary/aromatic N) is 3. The topological polar surface area (TPSA) is 54.9 Å². The molecule has 0 atom stereocenters. The Morgan fingerprint density at radius 2 is 1.74 bits per heavy atom. The summed E-state index contributed by atoms with van der Waals surface area (Å²) in [5, 5.41) is 0. The van der Waals surface area contributed by atoms with Gasteiger partial charge in [0.2, 0.25) is 0 Å². The summed E-state index contributed by atoms with van der Waals surface area (Å²) in [7, 11) is 0. The SMILES string of the molecule is CCOc1ccc(C(=O)N2CCN(c3ccc(Br)cn3)CC2)cc1OCC. The summed E-state index contributed by atoms with van der Waals surface area (Å²) in [5.74, 6) is 2.23. The van der Waals surface area contributed by atoms with Crippen molar-refractivity contribution < 1.29 is 14.3 Å². The first-order valence-electron chi connectivity index (χ1n) is 9.17. The van der Waals surface area contributed by atoms with Crippen molar-refractivity contribution in [2.75, 3.05) is 44.3 Å². The molecule has 0 saturated carbocycles. The lowest BCUT2D eigenvalue weighted by Crippen LogP contribution is -2.49. The number of rotatable bonds is 6. The smallest absolute Gasteiger partial charge is 0.254 e. The van der Waals surface area contributed by atoms with Gasteiger partial charge in [0.25, 0.3) is 5.91 Å². The summed E-state index contributed by atoms with van der Waals surface area (Å²) in [6.07, 6.45) is 1.79. The zero-order valence-electron chi connectivity index (χ0n) is 15.7. The molecule has 1 saturated heterocycles. The molecule has 1 fully saturated rings. The maximum absolute atomic E-state index is 12.9. The Labute approximate surface area is 168 Å². The Morgan fingerprint density at radius 3 is 2.37 bits per heavy atom. The number of piperazine rings is 1. The van der Waals surface area contributed by atoms with Gasteiger partial charge in [-0.25, -0.2) is 4.98 Å². The van der Waals surface area contributed by atoms with Crippen molar-refractivity contribution >= 4 is 27.7 Å². The molecule has 0 unspecified atom stereocenters. The summed E-state index contributed by atoms with van der Waals surface area (Å²) < 4.78 is 12.2. The fourth-order valence-corrected chi connectivity index (χ4v) is 3.29. The Balaban J connectivity index is 1.66. The zero-order valence-corrected chi connectivity index (χ0v) is 17.2. The monoisotopic (exact) mass is 433 g/mol. The second-order valence-corrected chi connectivity index (χ2v) is 7.06. The van der Waals surface area contributed by atoms with Crippen LogP contribution in [-0.4, -0.2) is 55.2 Å². The van der Waals surface area contributed by atoms with Gasteiger partial charge in [-0.2, -0.15) is 0 Å². The van der Waals surface area contributed by atoms with Crippen LogP contribution in [0.4, 0.5) is 5.82 Å². The molecule has 6 nitrogen and oxygen atoms in total. The number of benzene rings is 1. The van der Waals surface area contributed by atoms with Crippen LogP contribution in [0.25, 0.3) is 0 Å². The highest BCUT2D eigenvalue weighted by Gasteiger charge is 2.23. The van der Waals surface area contributed by atoms with Crippen LogP contribution in [0.15, 0.2) is 41.0 Å². The molecule has 3 rings (SSSR count). The van der Waals surface area contributed by atoms with Gasteiger partial charge >= 0.3 is 0 Å². The van der Waals surface area contributed by atoms with E-state index in [1.54, 1.807) is 18.3 Å². The summed E-state index contributed by atoms with van der Waals surface area (Å²) >= 11 is 3.40. The third-order valence-electron chi connectivity index (χ3n) is 4.39. The first kappa shape index (κ1) is 19.5. The van der Waals surface area contributed by atoms with Crippen LogP contribution < -0.4 is 14.4 Å². The van der Waals surface area contributed by atoms with Crippen molar-refractivity contribution in [1.82, 2.24) is 9.88 Å². The predicted molar refractivity (Wildman–Crippen MR) is 109 cm³/mol. The number of pyridine rings is 1. The van der Waals surface area contributed by atoms with Crippen molar-refractivity contribution in [3.05, 3.63) is 46.6 Å². The van der Waals surface area contributed by atoms with Crippen LogP contribution in [0, 0.1) is 0 Å². The number of hydrogen-bond acceptors (Lipinski definition) is 5. The first-order chi connectivity index (χ1) is 13.1. The molecular formula is C20H24BrN3O3. The second-order valence-electron chi connectivity index (χ2n) is 6.14. The minimum Gasteiger partial charge on any atom is -0.490 e. The van der Waals surface area contributed by atoms with Crippen LogP contribution in [0.1, 0.15) is 24.2 Å². The lowest BCUT2D eigenvalue weighted by molar-refractivity contribution is 0.0746. The van der Waals surface area contributed by atoms with E-state index >= 15 is 0 Å². The molecule has 1 aromatic heterocycles. The molecule has 27 heavy (non-hydrogen) atoms. The fraction of sp³-hybridized carbons (Fsp3) is 0.400. The third-order valence-corrected chi connectivity index (χ3v) is 4.86. The van der Waals surface area contributed by atoms with Gasteiger partial charge in [-0.15, -0.1) is 0 Å². The average Bonchev–Trinajstić information content (AvgIpc) is 2.70. The summed E-state index contributed by atoms with van der Waals surface area (Å²) in [4.78, 5) is 21.4. The third kappa shape index (κ3) is 4.71. The zero-order chi connectivity index (χ0) is 19.2. The summed E-state index contributed by atoms with van der Waals surface area (Å²) in [5.41, 5.74) is 0.622. The van der Waals surface area contributed by atoms with Crippen molar-refractivity contribution in [2.45, 2.75) is 13.8 Å². The minimum atomic E-state index is 0.0161. The molecular weight excluding hydrogens is 410 g/mol. The van der Waals surface area contributed by atoms with Crippen LogP contribution in [-0.2, 0) is 0 Å². The van der Waals surface area contributed by atoms with E-state index in [2.05, 4.69) is 25.8 Å². The molecule has 1 aliphatic rings. The van der Waals surface area contributed by atoms with Gasteiger partial charge in [0.1, 0.15) is 5.82 Å². The molecule has 7 heteroatoms. The van der Waals surface area contributed by atoms with Gasteiger partial charge in [0.05, 0.1) is 13.2 Å². The Bertz CT molecular complexity index is 775. The number of aromatic nitrogens is 1. The van der Waals surface area contributed by atoms with Crippen molar-refractivity contribution in [3.8, 4) is 11.5 Å². The molecule has 1 aliphatic heterocycles. The maximum Gasteiger partial charge on any atom is 0.254 e. The number of amides is 1. The van der Waals surface area contributed by atoms with Gasteiger partial charge in [0.15, 0.2) is 11.5 Å². The minimum absolute atomic E-state index is 0.0161. The number of anilines is 1. The second kappa shape index (κ2) is 9.08. The number of ether oxygens (including phenoxy) is 2. The van der Waals surface area contributed by atoms with E-state index in [1.165, 1.54) is 0 Å². The molecule has 0 spiro atoms. The highest BCUT2D eigenvalue weighted by atomic mass is 79.9. The summed E-state index contributed by atoms with van der Waals surface area (Å²) in [6, 6.07) is 9.36. The maximum atomic E-state index is 12.9. The van der Waals surface area contributed by atoms with Crippen molar-refractivity contribution in [2.24, 2.45) is 0 Å². The molecule has 144 valence electrons. The number of carbonyl (C=O) groups excluding carboxylic acids is 1. The molecule has 2 heterocycles. The average molecular weight is 434 g/mol. The number of halogens is 1. The molecule has 0 aliphatic carbocycles. The van der Waals surface area contributed by atoms with E-state index in [0.29, 0.717) is 43.4 Å². The lowest BCUT2D eigenvalue weighted by atomic mass is 10.1. The highest BCUT2D eigenvalue weighted by Crippen LogP contribution is 2.29. The molecule has 0 bridgehead atoms. The van der Waals surface area contributed by atoms with Crippen LogP contribution >= 0.6 is 15.9 Å². The van der Waals surface area contributed by atoms with E-state index in [1.807, 2.05) is 36.9 Å². The molecule has 0 N–H and O–H groups in total. The van der Waals surface area contributed by atoms with Crippen molar-refractivity contribution in [3.63, 3.8) is 0 Å². The van der Waals surface area contributed by atoms with Crippen LogP contribution in [0.3, 0.4) is 0 Å². The largest absolute Gasteiger partial charge is 0.490 e. The summed E-state index contributed by atoms with van der Waals surface area (Å²) in [6.45, 7) is 7.76. The molecule has 0 radical (unpaired) electrons. The number of carbonyl (C=O) groups is 1. The quantitative estimate of drug-likeness (QED) is 0.696. The first-order valence-corrected chi connectivity index (χ1v) is 9.97. The Kier molecular flexibility index (Phi) is 6.55. The Hall–Kier alpha value is -2.28. The molecule has 1 amide bonds. The lowest BCUT2D eigenvalue weighted by Gasteiger charge is -2.35. The predicted octanol–water partition coefficient (Wildman–Crippen LogP) is 3.60. The fourth-order valence-electron chi connectivity index (χ4n) is 3.06. The van der Waals surface area contributed by atoms with Crippen LogP contribution in [0.2, 0.25) is 0 Å². The van der Waals surface area contributed by atoms with Crippen molar-refractivity contribution in [1.29, 1.82) is 0 Å². The molecule has 2 aromatic rings. The standard InChI is InChI=1S/C20H24BrN3O3/c1-3-26-17-7-5-15(13-18(17)27-4-2)20(25)24-11-9-23(10-12-24)19-8-6-16(21)14-22-19/h5-8,13-14H,3-4,9-12H2,1-2H3. The van der Waals surface area contributed by atoms with Gasteiger partial charge in [0, 0.05) is 42.4 Å². The van der Waals surface area contributed by atoms with Crippen LogP contribution in [0.5, 0.6) is 11.5 Å². The van der Waals surface area contributed by atoms with Gasteiger partial charge < -0.3 is 19.3 Å². The van der Waals surface area contributed by atoms with E-state index < -0.39 is 0 Å². The van der Waals surface area contributed by atoms with Gasteiger partial charge in [-0.1, -0.05) is 0 Å². The Morgan fingerprint density at radius 1 is 1.04 bits per heavy atom. The normalized spacial score (nSPS) is 14.2. The highest BCUT2D eigenvalue weighted by molar-refractivity contribution is 9.10. The van der Waals surface area contributed by atoms with E-state index in [0.717, 1.165) is 23.4 Å². The van der Waals surface area contributed by atoms with E-state index in [-0.39, 0.29) is 5.91 Å². The van der Waals surface area contributed by atoms with E-state index in [9.17, 15) is 4.79 Å². The van der Waals surface area contributed by atoms with E-state index in [4.69, 9.17) is 9.47 Å². The molecule has 1 aromatic carbocycles. The van der Waals surface area contributed by atoms with Gasteiger partial charge in [-0.3, -0.25) is 4.79 Å². The van der Waals surface area contributed by atoms with Gasteiger partial charge in [-0.05, 0) is 60.1 Å². The number of hydrogen-bond donors (Lipinski definition) is 0.